The van der Waals surface area contributed by atoms with Crippen molar-refractivity contribution in [2.75, 3.05) is 14.2 Å². The topological polar surface area (TPSA) is 68.9 Å². The Morgan fingerprint density at radius 2 is 1.32 bits per heavy atom. The van der Waals surface area contributed by atoms with Crippen LogP contribution < -0.4 is 14.9 Å². The van der Waals surface area contributed by atoms with Crippen molar-refractivity contribution in [3.8, 4) is 51.0 Å². The van der Waals surface area contributed by atoms with Crippen LogP contribution >= 0.6 is 0 Å². The summed E-state index contributed by atoms with van der Waals surface area (Å²) in [5, 5.41) is 10.4. The van der Waals surface area contributed by atoms with Crippen LogP contribution in [0, 0.1) is 0 Å². The predicted octanol–water partition coefficient (Wildman–Crippen LogP) is 4.80. The summed E-state index contributed by atoms with van der Waals surface area (Å²) < 4.78 is 16.4. The van der Waals surface area contributed by atoms with Gasteiger partial charge in [-0.15, -0.1) is 0 Å². The number of phenolic OH excluding ortho intramolecular Hbond substituents is 1. The van der Waals surface area contributed by atoms with Gasteiger partial charge >= 0.3 is 0 Å². The first-order chi connectivity index (χ1) is 13.6. The van der Waals surface area contributed by atoms with Gasteiger partial charge in [-0.25, -0.2) is 0 Å². The lowest BCUT2D eigenvalue weighted by molar-refractivity contribution is 0.414. The third-order valence-electron chi connectivity index (χ3n) is 4.60. The molecular formula is C23H18O5. The number of fused-ring (bicyclic) bond motifs is 1. The number of ether oxygens (including phenoxy) is 2. The molecule has 0 bridgehead atoms. The van der Waals surface area contributed by atoms with E-state index < -0.39 is 0 Å². The van der Waals surface area contributed by atoms with Gasteiger partial charge in [-0.3, -0.25) is 4.79 Å². The molecule has 5 nitrogen and oxygen atoms in total. The zero-order valence-electron chi connectivity index (χ0n) is 15.4. The van der Waals surface area contributed by atoms with Gasteiger partial charge in [0.25, 0.3) is 0 Å². The average Bonchev–Trinajstić information content (AvgIpc) is 2.72. The zero-order chi connectivity index (χ0) is 19.7. The Morgan fingerprint density at radius 1 is 0.750 bits per heavy atom. The van der Waals surface area contributed by atoms with Crippen molar-refractivity contribution in [3.63, 3.8) is 0 Å². The van der Waals surface area contributed by atoms with Crippen molar-refractivity contribution in [3.05, 3.63) is 77.0 Å². The SMILES string of the molecule is COc1ccc(-c2cc(-c3ccc(OC)cc3)c3c(O)cc(=O)cc-3o2)cc1. The smallest absolute Gasteiger partial charge is 0.186 e. The molecule has 1 aliphatic carbocycles. The van der Waals surface area contributed by atoms with Gasteiger partial charge in [-0.2, -0.15) is 0 Å². The van der Waals surface area contributed by atoms with Gasteiger partial charge in [0.05, 0.1) is 19.8 Å². The van der Waals surface area contributed by atoms with E-state index in [1.165, 1.54) is 12.1 Å². The van der Waals surface area contributed by atoms with Crippen LogP contribution in [-0.2, 0) is 0 Å². The maximum atomic E-state index is 11.9. The highest BCUT2D eigenvalue weighted by Gasteiger charge is 2.20. The van der Waals surface area contributed by atoms with Gasteiger partial charge in [-0.05, 0) is 48.0 Å². The molecule has 0 aromatic heterocycles. The van der Waals surface area contributed by atoms with Crippen LogP contribution in [0.1, 0.15) is 0 Å². The van der Waals surface area contributed by atoms with Gasteiger partial charge < -0.3 is 19.0 Å². The van der Waals surface area contributed by atoms with E-state index in [2.05, 4.69) is 0 Å². The number of methoxy groups -OCH3 is 2. The Morgan fingerprint density at radius 3 is 1.89 bits per heavy atom. The minimum Gasteiger partial charge on any atom is -0.507 e. The van der Waals surface area contributed by atoms with Crippen molar-refractivity contribution in [2.45, 2.75) is 0 Å². The molecule has 0 amide bonds. The monoisotopic (exact) mass is 374 g/mol. The Labute approximate surface area is 161 Å². The van der Waals surface area contributed by atoms with Gasteiger partial charge in [0.1, 0.15) is 28.8 Å². The Bertz CT molecular complexity index is 1140. The van der Waals surface area contributed by atoms with E-state index in [-0.39, 0.29) is 11.2 Å². The lowest BCUT2D eigenvalue weighted by Crippen LogP contribution is -2.00. The molecule has 0 radical (unpaired) electrons. The number of benzene rings is 3. The summed E-state index contributed by atoms with van der Waals surface area (Å²) >= 11 is 0. The molecule has 0 saturated carbocycles. The molecule has 2 aromatic carbocycles. The second-order valence-electron chi connectivity index (χ2n) is 6.30. The van der Waals surface area contributed by atoms with E-state index in [4.69, 9.17) is 13.9 Å². The maximum absolute atomic E-state index is 11.9. The van der Waals surface area contributed by atoms with Crippen LogP contribution in [0.15, 0.2) is 75.9 Å². The van der Waals surface area contributed by atoms with Crippen LogP contribution in [0.25, 0.3) is 33.8 Å². The minimum atomic E-state index is -0.318. The summed E-state index contributed by atoms with van der Waals surface area (Å²) in [7, 11) is 3.21. The average molecular weight is 374 g/mol. The first-order valence-corrected chi connectivity index (χ1v) is 8.69. The Hall–Kier alpha value is -3.73. The first kappa shape index (κ1) is 17.7. The number of aromatic hydroxyl groups is 1. The fraction of sp³-hybridized carbons (Fsp3) is 0.0870. The number of hydrogen-bond acceptors (Lipinski definition) is 5. The fourth-order valence-corrected chi connectivity index (χ4v) is 3.17. The molecule has 2 aliphatic rings. The minimum absolute atomic E-state index is 0.113. The zero-order valence-corrected chi connectivity index (χ0v) is 15.4. The van der Waals surface area contributed by atoms with Crippen LogP contribution in [-0.4, -0.2) is 19.3 Å². The van der Waals surface area contributed by atoms with Crippen LogP contribution in [0.5, 0.6) is 17.2 Å². The molecule has 1 N–H and O–H groups in total. The lowest BCUT2D eigenvalue weighted by Gasteiger charge is -2.16. The summed E-state index contributed by atoms with van der Waals surface area (Å²) in [6.07, 6.45) is 0. The molecule has 0 saturated heterocycles. The second kappa shape index (κ2) is 7.12. The fourth-order valence-electron chi connectivity index (χ4n) is 3.17. The molecule has 1 heterocycles. The van der Waals surface area contributed by atoms with Crippen LogP contribution in [0.2, 0.25) is 0 Å². The first-order valence-electron chi connectivity index (χ1n) is 8.69. The van der Waals surface area contributed by atoms with Crippen molar-refractivity contribution in [2.24, 2.45) is 0 Å². The molecule has 1 aliphatic heterocycles. The molecule has 0 unspecified atom stereocenters. The summed E-state index contributed by atoms with van der Waals surface area (Å²) in [4.78, 5) is 11.9. The van der Waals surface area contributed by atoms with Crippen molar-refractivity contribution >= 4 is 0 Å². The summed E-state index contributed by atoms with van der Waals surface area (Å²) in [6, 6.07) is 19.3. The van der Waals surface area contributed by atoms with E-state index in [1.54, 1.807) is 14.2 Å². The summed E-state index contributed by atoms with van der Waals surface area (Å²) in [5.74, 6) is 2.25. The highest BCUT2D eigenvalue weighted by molar-refractivity contribution is 5.88. The van der Waals surface area contributed by atoms with E-state index >= 15 is 0 Å². The van der Waals surface area contributed by atoms with Gasteiger partial charge in [0.15, 0.2) is 5.43 Å². The van der Waals surface area contributed by atoms with Crippen molar-refractivity contribution in [1.29, 1.82) is 0 Å². The van der Waals surface area contributed by atoms with Crippen molar-refractivity contribution in [1.82, 2.24) is 0 Å². The molecule has 0 fully saturated rings. The van der Waals surface area contributed by atoms with Crippen molar-refractivity contribution < 1.29 is 19.0 Å². The standard InChI is InChI=1S/C23H18O5/c1-26-17-7-3-14(4-8-17)19-13-21(15-5-9-18(27-2)10-6-15)28-22-12-16(24)11-20(25)23(19)22/h3-13,25H,1-2H3. The molecule has 0 atom stereocenters. The summed E-state index contributed by atoms with van der Waals surface area (Å²) in [5.41, 5.74) is 2.62. The van der Waals surface area contributed by atoms with Gasteiger partial charge in [0.2, 0.25) is 0 Å². The Kier molecular flexibility index (Phi) is 4.49. The number of hydrogen-bond donors (Lipinski definition) is 1. The molecule has 2 aromatic rings. The molecule has 0 spiro atoms. The third-order valence-corrected chi connectivity index (χ3v) is 4.60. The van der Waals surface area contributed by atoms with Gasteiger partial charge in [-0.1, -0.05) is 12.1 Å². The lowest BCUT2D eigenvalue weighted by atomic mass is 9.95. The van der Waals surface area contributed by atoms with Crippen LogP contribution in [0.3, 0.4) is 0 Å². The third kappa shape index (κ3) is 3.18. The van der Waals surface area contributed by atoms with E-state index in [1.807, 2.05) is 54.6 Å². The highest BCUT2D eigenvalue weighted by Crippen LogP contribution is 2.42. The highest BCUT2D eigenvalue weighted by atomic mass is 16.5. The predicted molar refractivity (Wildman–Crippen MR) is 107 cm³/mol. The van der Waals surface area contributed by atoms with Gasteiger partial charge in [0, 0.05) is 23.3 Å². The second-order valence-corrected chi connectivity index (χ2v) is 6.30. The molecule has 28 heavy (non-hydrogen) atoms. The normalized spacial score (nSPS) is 10.8. The van der Waals surface area contributed by atoms with E-state index in [0.29, 0.717) is 17.1 Å². The molecule has 140 valence electrons. The van der Waals surface area contributed by atoms with E-state index in [0.717, 1.165) is 28.2 Å². The maximum Gasteiger partial charge on any atom is 0.186 e. The largest absolute Gasteiger partial charge is 0.507 e. The summed E-state index contributed by atoms with van der Waals surface area (Å²) in [6.45, 7) is 0. The molecule has 4 rings (SSSR count). The van der Waals surface area contributed by atoms with E-state index in [9.17, 15) is 9.90 Å². The molecule has 5 heteroatoms. The number of rotatable bonds is 4. The molecular weight excluding hydrogens is 356 g/mol. The number of phenols is 1. The quantitative estimate of drug-likeness (QED) is 0.556. The Balaban J connectivity index is 1.96. The van der Waals surface area contributed by atoms with Crippen LogP contribution in [0.4, 0.5) is 0 Å².